The van der Waals surface area contributed by atoms with Crippen LogP contribution in [0.15, 0.2) is 36.4 Å². The summed E-state index contributed by atoms with van der Waals surface area (Å²) in [5.74, 6) is -0.626. The van der Waals surface area contributed by atoms with E-state index in [2.05, 4.69) is 15.5 Å². The Hall–Kier alpha value is -3.26. The van der Waals surface area contributed by atoms with Gasteiger partial charge in [0.1, 0.15) is 0 Å². The highest BCUT2D eigenvalue weighted by molar-refractivity contribution is 6.25. The summed E-state index contributed by atoms with van der Waals surface area (Å²) in [6, 6.07) is 11.0. The van der Waals surface area contributed by atoms with Gasteiger partial charge in [-0.2, -0.15) is 0 Å². The van der Waals surface area contributed by atoms with E-state index in [1.54, 1.807) is 12.1 Å². The average molecular weight is 465 g/mol. The first-order valence-electron chi connectivity index (χ1n) is 12.1. The highest BCUT2D eigenvalue weighted by atomic mass is 16.2. The van der Waals surface area contributed by atoms with Crippen molar-refractivity contribution in [3.8, 4) is 0 Å². The molecular formula is C26H32N4O4. The zero-order valence-corrected chi connectivity index (χ0v) is 19.6. The van der Waals surface area contributed by atoms with E-state index in [-0.39, 0.29) is 42.6 Å². The molecule has 8 nitrogen and oxygen atoms in total. The van der Waals surface area contributed by atoms with Gasteiger partial charge in [-0.3, -0.25) is 29.0 Å². The molecule has 1 saturated heterocycles. The highest BCUT2D eigenvalue weighted by Crippen LogP contribution is 2.30. The minimum Gasteiger partial charge on any atom is -0.355 e. The molecular weight excluding hydrogens is 432 g/mol. The number of carbonyl (C=O) groups excluding carboxylic acids is 4. The van der Waals surface area contributed by atoms with Gasteiger partial charge in [-0.15, -0.1) is 0 Å². The highest BCUT2D eigenvalue weighted by Gasteiger charge is 2.32. The van der Waals surface area contributed by atoms with Crippen LogP contribution in [0.25, 0.3) is 10.8 Å². The number of nitrogens with one attached hydrogen (secondary N) is 2. The molecule has 0 radical (unpaired) electrons. The second-order valence-corrected chi connectivity index (χ2v) is 9.04. The van der Waals surface area contributed by atoms with Crippen molar-refractivity contribution in [1.82, 2.24) is 20.4 Å². The molecule has 8 heteroatoms. The largest absolute Gasteiger partial charge is 0.355 e. The number of carbonyl (C=O) groups is 4. The first kappa shape index (κ1) is 23.9. The van der Waals surface area contributed by atoms with Crippen LogP contribution < -0.4 is 10.6 Å². The molecule has 4 amide bonds. The number of rotatable bonds is 9. The normalized spacial score (nSPS) is 16.7. The smallest absolute Gasteiger partial charge is 0.261 e. The number of imide groups is 1. The molecule has 2 aliphatic rings. The summed E-state index contributed by atoms with van der Waals surface area (Å²) in [6.07, 6.45) is 3.19. The molecule has 0 bridgehead atoms. The van der Waals surface area contributed by atoms with Crippen LogP contribution in [0.4, 0.5) is 0 Å². The molecule has 34 heavy (non-hydrogen) atoms. The van der Waals surface area contributed by atoms with Gasteiger partial charge < -0.3 is 10.6 Å². The molecule has 0 aromatic heterocycles. The van der Waals surface area contributed by atoms with Gasteiger partial charge in [0.05, 0.1) is 6.54 Å². The quantitative estimate of drug-likeness (QED) is 0.555. The van der Waals surface area contributed by atoms with Crippen LogP contribution >= 0.6 is 0 Å². The third-order valence-corrected chi connectivity index (χ3v) is 6.53. The fourth-order valence-corrected chi connectivity index (χ4v) is 4.74. The van der Waals surface area contributed by atoms with Gasteiger partial charge in [-0.1, -0.05) is 31.2 Å². The van der Waals surface area contributed by atoms with Crippen molar-refractivity contribution in [2.75, 3.05) is 32.7 Å². The van der Waals surface area contributed by atoms with Crippen molar-refractivity contribution in [2.24, 2.45) is 0 Å². The van der Waals surface area contributed by atoms with E-state index in [1.165, 1.54) is 4.90 Å². The predicted octanol–water partition coefficient (Wildman–Crippen LogP) is 2.32. The van der Waals surface area contributed by atoms with E-state index in [0.29, 0.717) is 36.0 Å². The number of nitrogens with zero attached hydrogens (tertiary/aromatic N) is 2. The summed E-state index contributed by atoms with van der Waals surface area (Å²) in [5, 5.41) is 7.54. The van der Waals surface area contributed by atoms with Gasteiger partial charge in [0.2, 0.25) is 11.8 Å². The minimum atomic E-state index is -0.301. The molecule has 2 aromatic carbocycles. The van der Waals surface area contributed by atoms with E-state index in [0.717, 1.165) is 37.7 Å². The van der Waals surface area contributed by atoms with Gasteiger partial charge in [-0.25, -0.2) is 0 Å². The number of piperidine rings is 1. The Kier molecular flexibility index (Phi) is 7.57. The summed E-state index contributed by atoms with van der Waals surface area (Å²) in [5.41, 5.74) is 1.07. The number of hydrogen-bond donors (Lipinski definition) is 2. The average Bonchev–Trinajstić information content (AvgIpc) is 2.84. The summed E-state index contributed by atoms with van der Waals surface area (Å²) < 4.78 is 0. The Bertz CT molecular complexity index is 1040. The summed E-state index contributed by atoms with van der Waals surface area (Å²) >= 11 is 0. The van der Waals surface area contributed by atoms with Crippen molar-refractivity contribution in [2.45, 2.75) is 45.1 Å². The molecule has 4 rings (SSSR count). The molecule has 2 aromatic rings. The monoisotopic (exact) mass is 464 g/mol. The Balaban J connectivity index is 1.22. The third-order valence-electron chi connectivity index (χ3n) is 6.53. The van der Waals surface area contributed by atoms with Gasteiger partial charge in [0, 0.05) is 55.2 Å². The maximum Gasteiger partial charge on any atom is 0.261 e. The zero-order valence-electron chi connectivity index (χ0n) is 19.6. The molecule has 180 valence electrons. The Morgan fingerprint density at radius 3 is 2.24 bits per heavy atom. The van der Waals surface area contributed by atoms with Crippen LogP contribution in [0.1, 0.15) is 59.7 Å². The van der Waals surface area contributed by atoms with Crippen molar-refractivity contribution in [3.63, 3.8) is 0 Å². The molecule has 2 aliphatic heterocycles. The van der Waals surface area contributed by atoms with E-state index < -0.39 is 0 Å². The number of benzene rings is 2. The minimum absolute atomic E-state index is 0.0463. The first-order valence-corrected chi connectivity index (χ1v) is 12.1. The van der Waals surface area contributed by atoms with Crippen molar-refractivity contribution < 1.29 is 19.2 Å². The van der Waals surface area contributed by atoms with Gasteiger partial charge >= 0.3 is 0 Å². The fourth-order valence-electron chi connectivity index (χ4n) is 4.74. The maximum absolute atomic E-state index is 12.9. The Labute approximate surface area is 199 Å². The topological polar surface area (TPSA) is 98.8 Å². The van der Waals surface area contributed by atoms with Crippen molar-refractivity contribution >= 4 is 34.4 Å². The summed E-state index contributed by atoms with van der Waals surface area (Å²) in [7, 11) is 0. The maximum atomic E-state index is 12.9. The number of hydrogen-bond acceptors (Lipinski definition) is 5. The second-order valence-electron chi connectivity index (χ2n) is 9.04. The van der Waals surface area contributed by atoms with E-state index >= 15 is 0 Å². The van der Waals surface area contributed by atoms with Crippen LogP contribution in [-0.2, 0) is 9.59 Å². The third kappa shape index (κ3) is 5.28. The molecule has 0 spiro atoms. The lowest BCUT2D eigenvalue weighted by Crippen LogP contribution is -2.47. The lowest BCUT2D eigenvalue weighted by atomic mass is 9.94. The number of likely N-dealkylation sites (tertiary alicyclic amines) is 1. The molecule has 2 N–H and O–H groups in total. The van der Waals surface area contributed by atoms with Crippen LogP contribution in [-0.4, -0.2) is 72.2 Å². The van der Waals surface area contributed by atoms with Gasteiger partial charge in [0.25, 0.3) is 11.8 Å². The van der Waals surface area contributed by atoms with Crippen LogP contribution in [0.5, 0.6) is 0 Å². The van der Waals surface area contributed by atoms with E-state index in [4.69, 9.17) is 0 Å². The predicted molar refractivity (Wildman–Crippen MR) is 129 cm³/mol. The summed E-state index contributed by atoms with van der Waals surface area (Å²) in [4.78, 5) is 53.6. The second kappa shape index (κ2) is 10.8. The molecule has 0 unspecified atom stereocenters. The molecule has 0 atom stereocenters. The van der Waals surface area contributed by atoms with Crippen molar-refractivity contribution in [1.29, 1.82) is 0 Å². The molecule has 0 aliphatic carbocycles. The lowest BCUT2D eigenvalue weighted by Gasteiger charge is -2.32. The van der Waals surface area contributed by atoms with Crippen LogP contribution in [0.2, 0.25) is 0 Å². The SMILES string of the molecule is CCCNC(=O)CN1CCC(NC(=O)CCCN2C(=O)c3cccc4cccc(c34)C2=O)CC1. The fraction of sp³-hybridized carbons (Fsp3) is 0.462. The standard InChI is InChI=1S/C26H32N4O4/c1-2-13-27-23(32)17-29-15-11-19(12-16-29)28-22(31)10-5-14-30-25(33)20-8-3-6-18-7-4-9-21(24(18)20)26(30)34/h3-4,6-9,19H,2,5,10-17H2,1H3,(H,27,32)(H,28,31). The lowest BCUT2D eigenvalue weighted by molar-refractivity contribution is -0.124. The van der Waals surface area contributed by atoms with Gasteiger partial charge in [0.15, 0.2) is 0 Å². The zero-order chi connectivity index (χ0) is 24.1. The molecule has 0 saturated carbocycles. The van der Waals surface area contributed by atoms with Crippen molar-refractivity contribution in [3.05, 3.63) is 47.5 Å². The Morgan fingerprint density at radius 1 is 0.971 bits per heavy atom. The first-order chi connectivity index (χ1) is 16.5. The van der Waals surface area contributed by atoms with Gasteiger partial charge in [-0.05, 0) is 43.2 Å². The van der Waals surface area contributed by atoms with Crippen LogP contribution in [0.3, 0.4) is 0 Å². The Morgan fingerprint density at radius 2 is 1.62 bits per heavy atom. The van der Waals surface area contributed by atoms with Crippen LogP contribution in [0, 0.1) is 0 Å². The number of amides is 4. The van der Waals surface area contributed by atoms with E-state index in [1.807, 2.05) is 31.2 Å². The molecule has 2 heterocycles. The summed E-state index contributed by atoms with van der Waals surface area (Å²) in [6.45, 7) is 4.87. The van der Waals surface area contributed by atoms with E-state index in [9.17, 15) is 19.2 Å². The molecule has 1 fully saturated rings.